The molecule has 0 bridgehead atoms. The molecular weight excluding hydrogens is 456 g/mol. The van der Waals surface area contributed by atoms with Crippen molar-refractivity contribution in [1.29, 1.82) is 0 Å². The lowest BCUT2D eigenvalue weighted by molar-refractivity contribution is 0.384. The van der Waals surface area contributed by atoms with Crippen molar-refractivity contribution in [2.45, 2.75) is 15.8 Å². The number of aromatic hydroxyl groups is 1. The van der Waals surface area contributed by atoms with Crippen LogP contribution in [0.2, 0.25) is 5.02 Å². The summed E-state index contributed by atoms with van der Waals surface area (Å²) in [5, 5.41) is 21.3. The number of aromatic nitrogens is 4. The van der Waals surface area contributed by atoms with Gasteiger partial charge < -0.3 is 5.11 Å². The Balaban J connectivity index is 1.58. The van der Waals surface area contributed by atoms with Crippen molar-refractivity contribution in [3.8, 4) is 17.0 Å². The molecule has 0 aliphatic heterocycles. The van der Waals surface area contributed by atoms with Gasteiger partial charge in [-0.2, -0.15) is 5.10 Å². The fourth-order valence-corrected chi connectivity index (χ4v) is 4.84. The summed E-state index contributed by atoms with van der Waals surface area (Å²) in [6.07, 6.45) is 3.59. The summed E-state index contributed by atoms with van der Waals surface area (Å²) >= 11 is 7.41. The topological polar surface area (TPSA) is 86.7 Å². The molecule has 8 heteroatoms. The van der Waals surface area contributed by atoms with Crippen LogP contribution in [0, 0.1) is 0 Å². The van der Waals surface area contributed by atoms with Crippen molar-refractivity contribution >= 4 is 23.4 Å². The molecule has 0 saturated heterocycles. The smallest absolute Gasteiger partial charge is 0.282 e. The fraction of sp³-hybridized carbons (Fsp3) is 0.0400. The number of rotatable bonds is 6. The van der Waals surface area contributed by atoms with Gasteiger partial charge in [0.1, 0.15) is 10.9 Å². The van der Waals surface area contributed by atoms with Gasteiger partial charge in [0.25, 0.3) is 5.56 Å². The summed E-state index contributed by atoms with van der Waals surface area (Å²) in [6.45, 7) is 0. The standard InChI is InChI=1S/C25H19ClN4O2S/c26-20-8-4-5-9-21(20)33-23-24(31)29-30(25(23)32)22(17-6-2-1-3-7-17)18-12-10-16(11-13-18)19-14-27-28-15-19/h1-15,22,32H,(H,27,28)(H,29,31). The van der Waals surface area contributed by atoms with Gasteiger partial charge in [0.15, 0.2) is 0 Å². The molecule has 0 saturated carbocycles. The van der Waals surface area contributed by atoms with E-state index in [0.29, 0.717) is 9.92 Å². The molecular formula is C25H19ClN4O2S. The van der Waals surface area contributed by atoms with E-state index in [1.54, 1.807) is 12.3 Å². The molecule has 3 aromatic carbocycles. The minimum absolute atomic E-state index is 0.141. The molecule has 0 radical (unpaired) electrons. The molecule has 0 aliphatic carbocycles. The van der Waals surface area contributed by atoms with Gasteiger partial charge in [0.2, 0.25) is 5.88 Å². The predicted octanol–water partition coefficient (Wildman–Crippen LogP) is 5.71. The van der Waals surface area contributed by atoms with Gasteiger partial charge in [0, 0.05) is 16.7 Å². The van der Waals surface area contributed by atoms with Crippen LogP contribution in [0.1, 0.15) is 17.2 Å². The molecule has 5 rings (SSSR count). The maximum atomic E-state index is 12.8. The van der Waals surface area contributed by atoms with Crippen LogP contribution in [-0.4, -0.2) is 25.1 Å². The van der Waals surface area contributed by atoms with Crippen LogP contribution in [-0.2, 0) is 0 Å². The number of nitrogens with one attached hydrogen (secondary N) is 2. The normalized spacial score (nSPS) is 12.0. The molecule has 164 valence electrons. The third-order valence-electron chi connectivity index (χ3n) is 5.34. The fourth-order valence-electron chi connectivity index (χ4n) is 3.73. The first-order chi connectivity index (χ1) is 16.1. The minimum atomic E-state index is -0.433. The van der Waals surface area contributed by atoms with Crippen molar-refractivity contribution in [2.24, 2.45) is 0 Å². The summed E-state index contributed by atoms with van der Waals surface area (Å²) < 4.78 is 1.50. The SMILES string of the molecule is O=c1[nH]n(C(c2ccccc2)c2ccc(-c3cn[nH]c3)cc2)c(O)c1Sc1ccccc1Cl. The van der Waals surface area contributed by atoms with Gasteiger partial charge in [-0.15, -0.1) is 0 Å². The van der Waals surface area contributed by atoms with Crippen LogP contribution in [0.3, 0.4) is 0 Å². The lowest BCUT2D eigenvalue weighted by Gasteiger charge is -2.20. The Morgan fingerprint density at radius 2 is 1.61 bits per heavy atom. The van der Waals surface area contributed by atoms with E-state index >= 15 is 0 Å². The predicted molar refractivity (Wildman–Crippen MR) is 130 cm³/mol. The monoisotopic (exact) mass is 474 g/mol. The van der Waals surface area contributed by atoms with Gasteiger partial charge in [-0.05, 0) is 28.8 Å². The third kappa shape index (κ3) is 4.20. The Morgan fingerprint density at radius 3 is 2.30 bits per heavy atom. The quantitative estimate of drug-likeness (QED) is 0.294. The maximum Gasteiger partial charge on any atom is 0.282 e. The molecule has 2 aromatic heterocycles. The zero-order valence-electron chi connectivity index (χ0n) is 17.3. The first kappa shape index (κ1) is 21.2. The Bertz CT molecular complexity index is 1430. The molecule has 0 aliphatic rings. The van der Waals surface area contributed by atoms with E-state index in [1.165, 1.54) is 4.68 Å². The van der Waals surface area contributed by atoms with E-state index in [-0.39, 0.29) is 16.3 Å². The van der Waals surface area contributed by atoms with Crippen molar-refractivity contribution in [3.63, 3.8) is 0 Å². The summed E-state index contributed by atoms with van der Waals surface area (Å²) in [5.74, 6) is -0.141. The van der Waals surface area contributed by atoms with Gasteiger partial charge in [-0.1, -0.05) is 90.1 Å². The van der Waals surface area contributed by atoms with Gasteiger partial charge >= 0.3 is 0 Å². The number of aromatic amines is 2. The Hall–Kier alpha value is -3.68. The zero-order chi connectivity index (χ0) is 22.8. The summed E-state index contributed by atoms with van der Waals surface area (Å²) in [7, 11) is 0. The highest BCUT2D eigenvalue weighted by atomic mass is 35.5. The van der Waals surface area contributed by atoms with Crippen LogP contribution < -0.4 is 5.56 Å². The molecule has 0 spiro atoms. The second kappa shape index (κ2) is 9.05. The molecule has 1 atom stereocenters. The van der Waals surface area contributed by atoms with Crippen LogP contribution in [0.4, 0.5) is 0 Å². The van der Waals surface area contributed by atoms with E-state index in [0.717, 1.165) is 34.0 Å². The number of nitrogens with zero attached hydrogens (tertiary/aromatic N) is 2. The molecule has 1 unspecified atom stereocenters. The first-order valence-electron chi connectivity index (χ1n) is 10.2. The molecule has 33 heavy (non-hydrogen) atoms. The Morgan fingerprint density at radius 1 is 0.909 bits per heavy atom. The third-order valence-corrected chi connectivity index (χ3v) is 6.93. The summed E-state index contributed by atoms with van der Waals surface area (Å²) in [6, 6.07) is 24.5. The zero-order valence-corrected chi connectivity index (χ0v) is 18.8. The maximum absolute atomic E-state index is 12.8. The average Bonchev–Trinajstić information content (AvgIpc) is 3.47. The van der Waals surface area contributed by atoms with Crippen molar-refractivity contribution in [1.82, 2.24) is 20.0 Å². The molecule has 2 heterocycles. The van der Waals surface area contributed by atoms with Crippen molar-refractivity contribution in [3.05, 3.63) is 118 Å². The summed E-state index contributed by atoms with van der Waals surface area (Å²) in [4.78, 5) is 13.7. The highest BCUT2D eigenvalue weighted by Gasteiger charge is 2.24. The van der Waals surface area contributed by atoms with Crippen molar-refractivity contribution < 1.29 is 5.11 Å². The van der Waals surface area contributed by atoms with E-state index in [9.17, 15) is 9.90 Å². The highest BCUT2D eigenvalue weighted by Crippen LogP contribution is 2.38. The van der Waals surface area contributed by atoms with E-state index in [2.05, 4.69) is 15.3 Å². The van der Waals surface area contributed by atoms with Crippen LogP contribution in [0.15, 0.2) is 106 Å². The number of hydrogen-bond acceptors (Lipinski definition) is 4. The largest absolute Gasteiger partial charge is 0.493 e. The lowest BCUT2D eigenvalue weighted by atomic mass is 9.97. The molecule has 0 amide bonds. The van der Waals surface area contributed by atoms with Gasteiger partial charge in [0.05, 0.1) is 11.2 Å². The average molecular weight is 475 g/mol. The number of benzene rings is 3. The van der Waals surface area contributed by atoms with Crippen LogP contribution >= 0.6 is 23.4 Å². The number of halogens is 1. The minimum Gasteiger partial charge on any atom is -0.493 e. The van der Waals surface area contributed by atoms with E-state index in [4.69, 9.17) is 11.6 Å². The molecule has 5 aromatic rings. The lowest BCUT2D eigenvalue weighted by Crippen LogP contribution is -2.16. The number of H-pyrrole nitrogens is 2. The highest BCUT2D eigenvalue weighted by molar-refractivity contribution is 7.99. The molecule has 6 nitrogen and oxygen atoms in total. The first-order valence-corrected chi connectivity index (χ1v) is 11.4. The van der Waals surface area contributed by atoms with Crippen molar-refractivity contribution in [2.75, 3.05) is 0 Å². The van der Waals surface area contributed by atoms with Gasteiger partial charge in [-0.25, -0.2) is 4.68 Å². The van der Waals surface area contributed by atoms with Crippen LogP contribution in [0.5, 0.6) is 5.88 Å². The molecule has 0 fully saturated rings. The number of hydrogen-bond donors (Lipinski definition) is 3. The van der Waals surface area contributed by atoms with Crippen LogP contribution in [0.25, 0.3) is 11.1 Å². The van der Waals surface area contributed by atoms with Gasteiger partial charge in [-0.3, -0.25) is 15.0 Å². The Labute approximate surface area is 198 Å². The van der Waals surface area contributed by atoms with E-state index < -0.39 is 6.04 Å². The second-order valence-electron chi connectivity index (χ2n) is 7.42. The Kier molecular flexibility index (Phi) is 5.81. The second-order valence-corrected chi connectivity index (χ2v) is 8.88. The van der Waals surface area contributed by atoms with E-state index in [1.807, 2.05) is 79.0 Å². The summed E-state index contributed by atoms with van der Waals surface area (Å²) in [5.41, 5.74) is 3.44. The molecule has 3 N–H and O–H groups in total.